The van der Waals surface area contributed by atoms with Crippen molar-refractivity contribution in [2.24, 2.45) is 5.92 Å². The van der Waals surface area contributed by atoms with Crippen LogP contribution in [0, 0.1) is 23.1 Å². The van der Waals surface area contributed by atoms with E-state index in [0.717, 1.165) is 23.9 Å². The van der Waals surface area contributed by atoms with Crippen LogP contribution in [0.4, 0.5) is 10.2 Å². The van der Waals surface area contributed by atoms with Crippen LogP contribution in [-0.2, 0) is 11.3 Å². The Morgan fingerprint density at radius 3 is 3.00 bits per heavy atom. The van der Waals surface area contributed by atoms with Crippen LogP contribution in [-0.4, -0.2) is 28.9 Å². The van der Waals surface area contributed by atoms with E-state index >= 15 is 0 Å². The maximum absolute atomic E-state index is 14.3. The molecule has 1 aromatic heterocycles. The average molecular weight is 417 g/mol. The largest absolute Gasteiger partial charge is 0.310 e. The number of halogens is 2. The predicted octanol–water partition coefficient (Wildman–Crippen LogP) is 3.71. The van der Waals surface area contributed by atoms with E-state index in [1.54, 1.807) is 24.4 Å². The maximum atomic E-state index is 14.3. The molecule has 1 saturated heterocycles. The number of pyridine rings is 1. The fourth-order valence-electron chi connectivity index (χ4n) is 3.12. The standard InChI is InChI=1S/C19H18BrFN4O/c20-16-6-7-17(23-10-16)24-19(26)15-5-2-8-25(12-15)11-14-4-1-3-13(9-22)18(14)21/h1,3-4,6-7,10,15H,2,5,8,11-12H2,(H,23,24,26). The Hall–Kier alpha value is -2.30. The molecule has 0 aliphatic carbocycles. The second-order valence-electron chi connectivity index (χ2n) is 6.32. The fourth-order valence-corrected chi connectivity index (χ4v) is 3.35. The molecular weight excluding hydrogens is 399 g/mol. The molecule has 1 fully saturated rings. The van der Waals surface area contributed by atoms with E-state index in [0.29, 0.717) is 24.5 Å². The summed E-state index contributed by atoms with van der Waals surface area (Å²) in [6.45, 7) is 1.75. The van der Waals surface area contributed by atoms with Gasteiger partial charge in [0, 0.05) is 29.3 Å². The molecule has 1 aliphatic rings. The van der Waals surface area contributed by atoms with E-state index in [9.17, 15) is 9.18 Å². The van der Waals surface area contributed by atoms with Crippen LogP contribution in [0.25, 0.3) is 0 Å². The summed E-state index contributed by atoms with van der Waals surface area (Å²) in [5.41, 5.74) is 0.537. The number of piperidine rings is 1. The summed E-state index contributed by atoms with van der Waals surface area (Å²) in [5.74, 6) is -0.198. The predicted molar refractivity (Wildman–Crippen MR) is 99.7 cm³/mol. The molecule has 0 bridgehead atoms. The third-order valence-electron chi connectivity index (χ3n) is 4.45. The molecular formula is C19H18BrFN4O. The van der Waals surface area contributed by atoms with Gasteiger partial charge in [0.2, 0.25) is 5.91 Å². The summed E-state index contributed by atoms with van der Waals surface area (Å²) < 4.78 is 15.1. The minimum absolute atomic E-state index is 0.0510. The van der Waals surface area contributed by atoms with Crippen LogP contribution >= 0.6 is 15.9 Å². The number of likely N-dealkylation sites (tertiary alicyclic amines) is 1. The third kappa shape index (κ3) is 4.45. The van der Waals surface area contributed by atoms with Crippen LogP contribution in [0.3, 0.4) is 0 Å². The number of anilines is 1. The SMILES string of the molecule is N#Cc1cccc(CN2CCCC(C(=O)Nc3ccc(Br)cn3)C2)c1F. The van der Waals surface area contributed by atoms with Gasteiger partial charge in [-0.3, -0.25) is 9.69 Å². The molecule has 2 heterocycles. The number of rotatable bonds is 4. The van der Waals surface area contributed by atoms with E-state index in [2.05, 4.69) is 31.1 Å². The molecule has 1 amide bonds. The Morgan fingerprint density at radius 1 is 1.42 bits per heavy atom. The summed E-state index contributed by atoms with van der Waals surface area (Å²) in [6, 6.07) is 10.3. The highest BCUT2D eigenvalue weighted by molar-refractivity contribution is 9.10. The number of nitriles is 1. The zero-order chi connectivity index (χ0) is 18.5. The first-order chi connectivity index (χ1) is 12.6. The Balaban J connectivity index is 1.63. The number of amides is 1. The summed E-state index contributed by atoms with van der Waals surface area (Å²) in [7, 11) is 0. The average Bonchev–Trinajstić information content (AvgIpc) is 2.65. The van der Waals surface area contributed by atoms with E-state index in [-0.39, 0.29) is 17.4 Å². The van der Waals surface area contributed by atoms with Gasteiger partial charge in [0.15, 0.2) is 0 Å². The van der Waals surface area contributed by atoms with Crippen molar-refractivity contribution in [3.63, 3.8) is 0 Å². The number of nitrogens with one attached hydrogen (secondary N) is 1. The van der Waals surface area contributed by atoms with Crippen LogP contribution in [0.1, 0.15) is 24.0 Å². The monoisotopic (exact) mass is 416 g/mol. The van der Waals surface area contributed by atoms with Gasteiger partial charge in [-0.25, -0.2) is 9.37 Å². The number of aromatic nitrogens is 1. The quantitative estimate of drug-likeness (QED) is 0.824. The number of carbonyl (C=O) groups excluding carboxylic acids is 1. The second-order valence-corrected chi connectivity index (χ2v) is 7.23. The number of benzene rings is 1. The van der Waals surface area contributed by atoms with Gasteiger partial charge in [-0.15, -0.1) is 0 Å². The van der Waals surface area contributed by atoms with Crippen molar-refractivity contribution >= 4 is 27.7 Å². The normalized spacial score (nSPS) is 17.5. The molecule has 1 aromatic carbocycles. The van der Waals surface area contributed by atoms with Crippen molar-refractivity contribution in [2.75, 3.05) is 18.4 Å². The highest BCUT2D eigenvalue weighted by atomic mass is 79.9. The van der Waals surface area contributed by atoms with Crippen molar-refractivity contribution in [1.29, 1.82) is 5.26 Å². The van der Waals surface area contributed by atoms with Crippen LogP contribution in [0.15, 0.2) is 41.0 Å². The van der Waals surface area contributed by atoms with Gasteiger partial charge in [0.25, 0.3) is 0 Å². The van der Waals surface area contributed by atoms with E-state index < -0.39 is 5.82 Å². The summed E-state index contributed by atoms with van der Waals surface area (Å²) in [4.78, 5) is 18.7. The lowest BCUT2D eigenvalue weighted by Gasteiger charge is -2.32. The molecule has 0 spiro atoms. The highest BCUT2D eigenvalue weighted by Crippen LogP contribution is 2.22. The lowest BCUT2D eigenvalue weighted by Crippen LogP contribution is -2.40. The van der Waals surface area contributed by atoms with Crippen molar-refractivity contribution in [2.45, 2.75) is 19.4 Å². The molecule has 3 rings (SSSR count). The number of nitrogens with zero attached hydrogens (tertiary/aromatic N) is 3. The summed E-state index contributed by atoms with van der Waals surface area (Å²) in [6.07, 6.45) is 3.29. The van der Waals surface area contributed by atoms with Crippen molar-refractivity contribution < 1.29 is 9.18 Å². The third-order valence-corrected chi connectivity index (χ3v) is 4.92. The minimum atomic E-state index is -0.472. The van der Waals surface area contributed by atoms with Gasteiger partial charge in [-0.1, -0.05) is 12.1 Å². The first-order valence-electron chi connectivity index (χ1n) is 8.39. The van der Waals surface area contributed by atoms with Crippen molar-refractivity contribution in [3.05, 3.63) is 57.9 Å². The van der Waals surface area contributed by atoms with Gasteiger partial charge < -0.3 is 5.32 Å². The number of hydrogen-bond acceptors (Lipinski definition) is 4. The number of hydrogen-bond donors (Lipinski definition) is 1. The van der Waals surface area contributed by atoms with Gasteiger partial charge >= 0.3 is 0 Å². The highest BCUT2D eigenvalue weighted by Gasteiger charge is 2.26. The minimum Gasteiger partial charge on any atom is -0.310 e. The Labute approximate surface area is 160 Å². The lowest BCUT2D eigenvalue weighted by atomic mass is 9.96. The van der Waals surface area contributed by atoms with Crippen molar-refractivity contribution in [1.82, 2.24) is 9.88 Å². The molecule has 1 atom stereocenters. The molecule has 1 unspecified atom stereocenters. The van der Waals surface area contributed by atoms with Gasteiger partial charge in [-0.05, 0) is 53.5 Å². The molecule has 1 N–H and O–H groups in total. The number of carbonyl (C=O) groups is 1. The Bertz CT molecular complexity index is 834. The maximum Gasteiger partial charge on any atom is 0.229 e. The fraction of sp³-hybridized carbons (Fsp3) is 0.316. The van der Waals surface area contributed by atoms with E-state index in [4.69, 9.17) is 5.26 Å². The Kier molecular flexibility index (Phi) is 5.96. The molecule has 2 aromatic rings. The van der Waals surface area contributed by atoms with Crippen LogP contribution in [0.2, 0.25) is 0 Å². The molecule has 26 heavy (non-hydrogen) atoms. The summed E-state index contributed by atoms with van der Waals surface area (Å²) in [5, 5.41) is 11.8. The first kappa shape index (κ1) is 18.5. The van der Waals surface area contributed by atoms with Crippen LogP contribution in [0.5, 0.6) is 0 Å². The second kappa shape index (κ2) is 8.39. The molecule has 134 valence electrons. The van der Waals surface area contributed by atoms with Gasteiger partial charge in [0.05, 0.1) is 11.5 Å². The lowest BCUT2D eigenvalue weighted by molar-refractivity contribution is -0.121. The van der Waals surface area contributed by atoms with Crippen molar-refractivity contribution in [3.8, 4) is 6.07 Å². The summed E-state index contributed by atoms with van der Waals surface area (Å²) >= 11 is 3.31. The molecule has 5 nitrogen and oxygen atoms in total. The molecule has 7 heteroatoms. The molecule has 1 aliphatic heterocycles. The smallest absolute Gasteiger partial charge is 0.229 e. The van der Waals surface area contributed by atoms with E-state index in [1.807, 2.05) is 12.1 Å². The first-order valence-corrected chi connectivity index (χ1v) is 9.18. The van der Waals surface area contributed by atoms with Crippen LogP contribution < -0.4 is 5.32 Å². The Morgan fingerprint density at radius 2 is 2.27 bits per heavy atom. The zero-order valence-corrected chi connectivity index (χ0v) is 15.7. The molecule has 0 saturated carbocycles. The van der Waals surface area contributed by atoms with Gasteiger partial charge in [-0.2, -0.15) is 5.26 Å². The van der Waals surface area contributed by atoms with Gasteiger partial charge in [0.1, 0.15) is 17.7 Å². The van der Waals surface area contributed by atoms with E-state index in [1.165, 1.54) is 6.07 Å². The molecule has 0 radical (unpaired) electrons. The zero-order valence-electron chi connectivity index (χ0n) is 14.1. The topological polar surface area (TPSA) is 69.0 Å².